The van der Waals surface area contributed by atoms with Crippen molar-refractivity contribution >= 4 is 17.4 Å². The monoisotopic (exact) mass is 286 g/mol. The lowest BCUT2D eigenvalue weighted by molar-refractivity contribution is 0.0970. The summed E-state index contributed by atoms with van der Waals surface area (Å²) in [6, 6.07) is 4.02. The van der Waals surface area contributed by atoms with Crippen molar-refractivity contribution in [3.8, 4) is 5.75 Å². The number of ether oxygens (including phenoxy) is 2. The second kappa shape index (κ2) is 6.87. The highest BCUT2D eigenvalue weighted by atomic mass is 35.5. The Morgan fingerprint density at radius 2 is 2.37 bits per heavy atom. The SMILES string of the molecule is O=C(CCCCl)c1cc(F)ccc1OC1CCOC1. The maximum absolute atomic E-state index is 13.3. The number of alkyl halides is 1. The van der Waals surface area contributed by atoms with Crippen molar-refractivity contribution in [1.82, 2.24) is 0 Å². The maximum Gasteiger partial charge on any atom is 0.166 e. The van der Waals surface area contributed by atoms with Crippen molar-refractivity contribution in [2.24, 2.45) is 0 Å². The van der Waals surface area contributed by atoms with Gasteiger partial charge in [-0.1, -0.05) is 0 Å². The summed E-state index contributed by atoms with van der Waals surface area (Å²) in [6.07, 6.45) is 1.59. The first kappa shape index (κ1) is 14.3. The summed E-state index contributed by atoms with van der Waals surface area (Å²) >= 11 is 5.57. The highest BCUT2D eigenvalue weighted by molar-refractivity contribution is 6.18. The second-order valence-electron chi connectivity index (χ2n) is 4.46. The molecule has 1 aromatic rings. The van der Waals surface area contributed by atoms with Gasteiger partial charge in [-0.25, -0.2) is 4.39 Å². The zero-order valence-electron chi connectivity index (χ0n) is 10.5. The highest BCUT2D eigenvalue weighted by Gasteiger charge is 2.21. The summed E-state index contributed by atoms with van der Waals surface area (Å²) < 4.78 is 24.2. The number of carbonyl (C=O) groups excluding carboxylic acids is 1. The molecule has 19 heavy (non-hydrogen) atoms. The van der Waals surface area contributed by atoms with Gasteiger partial charge in [0.2, 0.25) is 0 Å². The zero-order valence-corrected chi connectivity index (χ0v) is 11.3. The van der Waals surface area contributed by atoms with Gasteiger partial charge in [0.15, 0.2) is 5.78 Å². The highest BCUT2D eigenvalue weighted by Crippen LogP contribution is 2.25. The van der Waals surface area contributed by atoms with Gasteiger partial charge in [0.05, 0.1) is 18.8 Å². The molecule has 0 aromatic heterocycles. The zero-order chi connectivity index (χ0) is 13.7. The van der Waals surface area contributed by atoms with Crippen molar-refractivity contribution in [1.29, 1.82) is 0 Å². The molecule has 1 aliphatic heterocycles. The molecule has 1 saturated heterocycles. The summed E-state index contributed by atoms with van der Waals surface area (Å²) in [5.41, 5.74) is 0.289. The van der Waals surface area contributed by atoms with Gasteiger partial charge >= 0.3 is 0 Å². The van der Waals surface area contributed by atoms with Gasteiger partial charge in [0.1, 0.15) is 17.7 Å². The average molecular weight is 287 g/mol. The molecular formula is C14H16ClFO3. The van der Waals surface area contributed by atoms with Crippen molar-refractivity contribution in [2.75, 3.05) is 19.1 Å². The molecule has 0 radical (unpaired) electrons. The van der Waals surface area contributed by atoms with Crippen LogP contribution in [0.4, 0.5) is 4.39 Å². The van der Waals surface area contributed by atoms with Crippen molar-refractivity contribution in [3.63, 3.8) is 0 Å². The predicted octanol–water partition coefficient (Wildman–Crippen LogP) is 3.20. The Morgan fingerprint density at radius 3 is 3.05 bits per heavy atom. The summed E-state index contributed by atoms with van der Waals surface area (Å²) in [4.78, 5) is 12.0. The van der Waals surface area contributed by atoms with Crippen molar-refractivity contribution in [3.05, 3.63) is 29.6 Å². The lowest BCUT2D eigenvalue weighted by Crippen LogP contribution is -2.17. The molecule has 1 atom stereocenters. The summed E-state index contributed by atoms with van der Waals surface area (Å²) in [7, 11) is 0. The smallest absolute Gasteiger partial charge is 0.166 e. The Kier molecular flexibility index (Phi) is 5.16. The molecular weight excluding hydrogens is 271 g/mol. The third-order valence-corrected chi connectivity index (χ3v) is 3.23. The number of rotatable bonds is 6. The summed E-state index contributed by atoms with van der Waals surface area (Å²) in [5.74, 6) is 0.253. The van der Waals surface area contributed by atoms with Gasteiger partial charge in [0.25, 0.3) is 0 Å². The minimum atomic E-state index is -0.441. The van der Waals surface area contributed by atoms with Gasteiger partial charge < -0.3 is 9.47 Å². The van der Waals surface area contributed by atoms with Crippen LogP contribution >= 0.6 is 11.6 Å². The van der Waals surface area contributed by atoms with Gasteiger partial charge in [-0.3, -0.25) is 4.79 Å². The Hall–Kier alpha value is -1.13. The Balaban J connectivity index is 2.14. The average Bonchev–Trinajstić information content (AvgIpc) is 2.91. The molecule has 1 aliphatic rings. The van der Waals surface area contributed by atoms with Crippen molar-refractivity contribution < 1.29 is 18.7 Å². The van der Waals surface area contributed by atoms with Gasteiger partial charge in [0, 0.05) is 18.7 Å². The number of halogens is 2. The molecule has 0 amide bonds. The standard InChI is InChI=1S/C14H16ClFO3/c15-6-1-2-13(17)12-8-10(16)3-4-14(12)19-11-5-7-18-9-11/h3-4,8,11H,1-2,5-7,9H2. The van der Waals surface area contributed by atoms with E-state index in [0.717, 1.165) is 6.42 Å². The molecule has 1 aromatic carbocycles. The predicted molar refractivity (Wildman–Crippen MR) is 70.5 cm³/mol. The van der Waals surface area contributed by atoms with Crippen LogP contribution in [0.15, 0.2) is 18.2 Å². The lowest BCUT2D eigenvalue weighted by Gasteiger charge is -2.15. The van der Waals surface area contributed by atoms with E-state index in [-0.39, 0.29) is 17.5 Å². The first-order valence-electron chi connectivity index (χ1n) is 6.34. The number of hydrogen-bond acceptors (Lipinski definition) is 3. The fraction of sp³-hybridized carbons (Fsp3) is 0.500. The quantitative estimate of drug-likeness (QED) is 0.595. The van der Waals surface area contributed by atoms with E-state index in [1.165, 1.54) is 18.2 Å². The minimum Gasteiger partial charge on any atom is -0.487 e. The summed E-state index contributed by atoms with van der Waals surface area (Å²) in [5, 5.41) is 0. The van der Waals surface area contributed by atoms with Crippen LogP contribution in [0.3, 0.4) is 0 Å². The topological polar surface area (TPSA) is 35.5 Å². The maximum atomic E-state index is 13.3. The molecule has 5 heteroatoms. The third kappa shape index (κ3) is 3.91. The molecule has 2 rings (SSSR count). The van der Waals surface area contributed by atoms with E-state index in [0.29, 0.717) is 37.7 Å². The first-order valence-corrected chi connectivity index (χ1v) is 6.87. The van der Waals surface area contributed by atoms with Crippen LogP contribution in [0, 0.1) is 5.82 Å². The van der Waals surface area contributed by atoms with Crippen LogP contribution < -0.4 is 4.74 Å². The van der Waals surface area contributed by atoms with Crippen LogP contribution in [0.25, 0.3) is 0 Å². The van der Waals surface area contributed by atoms with E-state index >= 15 is 0 Å². The number of ketones is 1. The Bertz CT molecular complexity index is 444. The van der Waals surface area contributed by atoms with E-state index in [4.69, 9.17) is 21.1 Å². The molecule has 0 spiro atoms. The number of benzene rings is 1. The Morgan fingerprint density at radius 1 is 1.53 bits per heavy atom. The molecule has 0 saturated carbocycles. The Labute approximate surface area is 116 Å². The fourth-order valence-electron chi connectivity index (χ4n) is 1.97. The normalized spacial score (nSPS) is 18.5. The molecule has 0 N–H and O–H groups in total. The van der Waals surface area contributed by atoms with Crippen LogP contribution in [-0.2, 0) is 4.74 Å². The summed E-state index contributed by atoms with van der Waals surface area (Å²) in [6.45, 7) is 1.16. The molecule has 104 valence electrons. The van der Waals surface area contributed by atoms with Crippen molar-refractivity contribution in [2.45, 2.75) is 25.4 Å². The fourth-order valence-corrected chi connectivity index (χ4v) is 2.10. The number of carbonyl (C=O) groups is 1. The third-order valence-electron chi connectivity index (χ3n) is 2.96. The molecule has 1 heterocycles. The largest absolute Gasteiger partial charge is 0.487 e. The van der Waals surface area contributed by atoms with Crippen LogP contribution in [0.5, 0.6) is 5.75 Å². The minimum absolute atomic E-state index is 0.0648. The van der Waals surface area contributed by atoms with E-state index in [9.17, 15) is 9.18 Å². The molecule has 1 fully saturated rings. The van der Waals surface area contributed by atoms with E-state index in [1.54, 1.807) is 0 Å². The van der Waals surface area contributed by atoms with E-state index in [2.05, 4.69) is 0 Å². The molecule has 1 unspecified atom stereocenters. The van der Waals surface area contributed by atoms with Crippen LogP contribution in [-0.4, -0.2) is 31.0 Å². The van der Waals surface area contributed by atoms with Crippen LogP contribution in [0.1, 0.15) is 29.6 Å². The molecule has 3 nitrogen and oxygen atoms in total. The van der Waals surface area contributed by atoms with Gasteiger partial charge in [-0.15, -0.1) is 11.6 Å². The second-order valence-corrected chi connectivity index (χ2v) is 4.84. The number of Topliss-reactive ketones (excluding diaryl/α,β-unsaturated/α-hetero) is 1. The van der Waals surface area contributed by atoms with Gasteiger partial charge in [-0.05, 0) is 24.6 Å². The molecule has 0 aliphatic carbocycles. The van der Waals surface area contributed by atoms with Gasteiger partial charge in [-0.2, -0.15) is 0 Å². The van der Waals surface area contributed by atoms with Crippen LogP contribution in [0.2, 0.25) is 0 Å². The first-order chi connectivity index (χ1) is 9.20. The van der Waals surface area contributed by atoms with E-state index < -0.39 is 5.82 Å². The number of hydrogen-bond donors (Lipinski definition) is 0. The van der Waals surface area contributed by atoms with E-state index in [1.807, 2.05) is 0 Å². The molecule has 0 bridgehead atoms. The lowest BCUT2D eigenvalue weighted by atomic mass is 10.1.